The summed E-state index contributed by atoms with van der Waals surface area (Å²) in [6.07, 6.45) is 2.12. The number of methoxy groups -OCH3 is 1. The zero-order chi connectivity index (χ0) is 14.2. The summed E-state index contributed by atoms with van der Waals surface area (Å²) in [7, 11) is 3.70. The molecule has 0 radical (unpaired) electrons. The van der Waals surface area contributed by atoms with Crippen LogP contribution in [0.3, 0.4) is 0 Å². The molecule has 0 saturated carbocycles. The Morgan fingerprint density at radius 1 is 1.15 bits per heavy atom. The summed E-state index contributed by atoms with van der Waals surface area (Å²) in [4.78, 5) is 0. The van der Waals surface area contributed by atoms with Crippen molar-refractivity contribution in [1.82, 2.24) is 5.32 Å². The molecule has 2 atom stereocenters. The number of nitrogens with one attached hydrogen (secondary N) is 1. The Morgan fingerprint density at radius 3 is 2.80 bits per heavy atom. The van der Waals surface area contributed by atoms with Crippen LogP contribution in [0.4, 0.5) is 0 Å². The molecule has 0 fully saturated rings. The summed E-state index contributed by atoms with van der Waals surface area (Å²) in [5.41, 5.74) is 2.75. The topological polar surface area (TPSA) is 39.7 Å². The number of benzene rings is 1. The van der Waals surface area contributed by atoms with Gasteiger partial charge in [0.15, 0.2) is 0 Å². The average Bonchev–Trinajstić information content (AvgIpc) is 2.83. The fourth-order valence-corrected chi connectivity index (χ4v) is 2.72. The van der Waals surface area contributed by atoms with Crippen LogP contribution in [0.15, 0.2) is 24.3 Å². The number of ether oxygens (including phenoxy) is 3. The molecule has 1 aliphatic rings. The molecule has 0 spiro atoms. The Bertz CT molecular complexity index is 397. The van der Waals surface area contributed by atoms with Crippen molar-refractivity contribution < 1.29 is 14.2 Å². The Morgan fingerprint density at radius 2 is 2.00 bits per heavy atom. The first-order chi connectivity index (χ1) is 9.86. The molecule has 0 amide bonds. The predicted molar refractivity (Wildman–Crippen MR) is 79.0 cm³/mol. The highest BCUT2D eigenvalue weighted by Crippen LogP contribution is 2.32. The largest absolute Gasteiger partial charge is 0.385 e. The molecule has 0 bridgehead atoms. The molecule has 0 aliphatic heterocycles. The minimum atomic E-state index is 0.208. The van der Waals surface area contributed by atoms with Gasteiger partial charge in [0, 0.05) is 26.7 Å². The van der Waals surface area contributed by atoms with Gasteiger partial charge in [-0.15, -0.1) is 0 Å². The molecule has 2 unspecified atom stereocenters. The van der Waals surface area contributed by atoms with Crippen molar-refractivity contribution in [3.8, 4) is 0 Å². The second-order valence-electron chi connectivity index (χ2n) is 5.04. The van der Waals surface area contributed by atoms with Crippen LogP contribution in [0, 0.1) is 0 Å². The van der Waals surface area contributed by atoms with E-state index in [4.69, 9.17) is 14.2 Å². The summed E-state index contributed by atoms with van der Waals surface area (Å²) < 4.78 is 16.5. The maximum Gasteiger partial charge on any atom is 0.0811 e. The molecule has 4 nitrogen and oxygen atoms in total. The monoisotopic (exact) mass is 279 g/mol. The van der Waals surface area contributed by atoms with Crippen molar-refractivity contribution in [3.05, 3.63) is 35.4 Å². The first-order valence-electron chi connectivity index (χ1n) is 7.30. The van der Waals surface area contributed by atoms with Crippen LogP contribution in [-0.4, -0.2) is 46.7 Å². The van der Waals surface area contributed by atoms with Gasteiger partial charge >= 0.3 is 0 Å². The van der Waals surface area contributed by atoms with Gasteiger partial charge in [0.05, 0.1) is 25.4 Å². The maximum atomic E-state index is 5.98. The van der Waals surface area contributed by atoms with Crippen LogP contribution in [0.25, 0.3) is 0 Å². The standard InChI is InChI=1S/C16H25NO3/c1-17-16-14-7-4-3-6-13(14)12-15(16)20-11-10-19-9-5-8-18-2/h3-4,6-7,15-17H,5,8-12H2,1-2H3. The van der Waals surface area contributed by atoms with Crippen molar-refractivity contribution in [1.29, 1.82) is 0 Å². The SMILES string of the molecule is CNC1c2ccccc2CC1OCCOCCCOC. The minimum absolute atomic E-state index is 0.208. The third kappa shape index (κ3) is 4.03. The molecule has 0 aromatic heterocycles. The smallest absolute Gasteiger partial charge is 0.0811 e. The van der Waals surface area contributed by atoms with E-state index in [1.165, 1.54) is 11.1 Å². The van der Waals surface area contributed by atoms with E-state index >= 15 is 0 Å². The number of likely N-dealkylation sites (N-methyl/N-ethyl adjacent to an activating group) is 1. The van der Waals surface area contributed by atoms with Crippen molar-refractivity contribution >= 4 is 0 Å². The summed E-state index contributed by atoms with van der Waals surface area (Å²) in [5.74, 6) is 0. The zero-order valence-electron chi connectivity index (χ0n) is 12.4. The average molecular weight is 279 g/mol. The van der Waals surface area contributed by atoms with Gasteiger partial charge in [0.1, 0.15) is 0 Å². The fraction of sp³-hybridized carbons (Fsp3) is 0.625. The van der Waals surface area contributed by atoms with Gasteiger partial charge in [-0.3, -0.25) is 0 Å². The fourth-order valence-electron chi connectivity index (χ4n) is 2.72. The molecule has 0 saturated heterocycles. The van der Waals surface area contributed by atoms with Gasteiger partial charge in [0.25, 0.3) is 0 Å². The predicted octanol–water partition coefficient (Wildman–Crippen LogP) is 1.94. The highest BCUT2D eigenvalue weighted by molar-refractivity contribution is 5.36. The van der Waals surface area contributed by atoms with Gasteiger partial charge < -0.3 is 19.5 Å². The Kier molecular flexibility index (Phi) is 6.47. The van der Waals surface area contributed by atoms with Crippen LogP contribution in [0.2, 0.25) is 0 Å². The molecule has 1 aromatic carbocycles. The summed E-state index contributed by atoms with van der Waals surface area (Å²) in [5, 5.41) is 3.36. The van der Waals surface area contributed by atoms with E-state index in [9.17, 15) is 0 Å². The van der Waals surface area contributed by atoms with Gasteiger partial charge in [-0.25, -0.2) is 0 Å². The Balaban J connectivity index is 1.69. The van der Waals surface area contributed by atoms with Crippen molar-refractivity contribution in [2.24, 2.45) is 0 Å². The maximum absolute atomic E-state index is 5.98. The molecule has 1 N–H and O–H groups in total. The second-order valence-corrected chi connectivity index (χ2v) is 5.04. The minimum Gasteiger partial charge on any atom is -0.385 e. The van der Waals surface area contributed by atoms with Gasteiger partial charge in [-0.1, -0.05) is 24.3 Å². The summed E-state index contributed by atoms with van der Waals surface area (Å²) >= 11 is 0. The third-order valence-electron chi connectivity index (χ3n) is 3.69. The Hall–Kier alpha value is -0.940. The summed E-state index contributed by atoms with van der Waals surface area (Å²) in [6.45, 7) is 2.77. The number of fused-ring (bicyclic) bond motifs is 1. The third-order valence-corrected chi connectivity index (χ3v) is 3.69. The van der Waals surface area contributed by atoms with E-state index < -0.39 is 0 Å². The van der Waals surface area contributed by atoms with E-state index in [-0.39, 0.29) is 6.10 Å². The number of hydrogen-bond donors (Lipinski definition) is 1. The van der Waals surface area contributed by atoms with E-state index in [0.717, 1.165) is 26.1 Å². The van der Waals surface area contributed by atoms with Crippen molar-refractivity contribution in [2.75, 3.05) is 40.6 Å². The molecule has 20 heavy (non-hydrogen) atoms. The van der Waals surface area contributed by atoms with Crippen LogP contribution >= 0.6 is 0 Å². The molecule has 1 aliphatic carbocycles. The second kappa shape index (κ2) is 8.37. The zero-order valence-corrected chi connectivity index (χ0v) is 12.4. The first kappa shape index (κ1) is 15.4. The van der Waals surface area contributed by atoms with Crippen LogP contribution in [0.1, 0.15) is 23.6 Å². The molecule has 1 aromatic rings. The molecule has 112 valence electrons. The first-order valence-corrected chi connectivity index (χ1v) is 7.30. The van der Waals surface area contributed by atoms with E-state index in [0.29, 0.717) is 19.3 Å². The number of hydrogen-bond acceptors (Lipinski definition) is 4. The Labute approximate surface area is 121 Å². The van der Waals surface area contributed by atoms with Crippen LogP contribution in [0.5, 0.6) is 0 Å². The van der Waals surface area contributed by atoms with Gasteiger partial charge in [-0.2, -0.15) is 0 Å². The van der Waals surface area contributed by atoms with Gasteiger partial charge in [-0.05, 0) is 24.6 Å². The molecule has 0 heterocycles. The lowest BCUT2D eigenvalue weighted by Gasteiger charge is -2.20. The van der Waals surface area contributed by atoms with Crippen LogP contribution < -0.4 is 5.32 Å². The molecule has 4 heteroatoms. The van der Waals surface area contributed by atoms with E-state index in [2.05, 4.69) is 29.6 Å². The lowest BCUT2D eigenvalue weighted by molar-refractivity contribution is -0.00789. The van der Waals surface area contributed by atoms with Crippen molar-refractivity contribution in [3.63, 3.8) is 0 Å². The highest BCUT2D eigenvalue weighted by atomic mass is 16.5. The quantitative estimate of drug-likeness (QED) is 0.701. The van der Waals surface area contributed by atoms with Gasteiger partial charge in [0.2, 0.25) is 0 Å². The van der Waals surface area contributed by atoms with Crippen molar-refractivity contribution in [2.45, 2.75) is 25.0 Å². The lowest BCUT2D eigenvalue weighted by atomic mass is 10.1. The van der Waals surface area contributed by atoms with E-state index in [1.54, 1.807) is 7.11 Å². The van der Waals surface area contributed by atoms with Crippen LogP contribution in [-0.2, 0) is 20.6 Å². The lowest BCUT2D eigenvalue weighted by Crippen LogP contribution is -2.29. The molecular formula is C16H25NO3. The van der Waals surface area contributed by atoms with E-state index in [1.807, 2.05) is 7.05 Å². The number of rotatable bonds is 9. The summed E-state index contributed by atoms with van der Waals surface area (Å²) in [6, 6.07) is 8.84. The molecular weight excluding hydrogens is 254 g/mol. The highest BCUT2D eigenvalue weighted by Gasteiger charge is 2.31. The normalized spacial score (nSPS) is 21.1. The molecule has 2 rings (SSSR count).